The molecule has 0 aromatic rings. The number of aliphatic carboxylic acids is 2. The Kier molecular flexibility index (Phi) is 1.28. The van der Waals surface area contributed by atoms with E-state index in [1.54, 1.807) is 0 Å². The highest BCUT2D eigenvalue weighted by Gasteiger charge is 2.12. The highest BCUT2D eigenvalue weighted by molar-refractivity contribution is 5.74. The van der Waals surface area contributed by atoms with Crippen LogP contribution in [0.2, 0.25) is 0 Å². The molecule has 0 aliphatic rings. The van der Waals surface area contributed by atoms with Crippen LogP contribution in [0.4, 0.5) is 0 Å². The van der Waals surface area contributed by atoms with Crippen molar-refractivity contribution < 1.29 is 26.7 Å². The van der Waals surface area contributed by atoms with Crippen LogP contribution in [-0.4, -0.2) is 28.2 Å². The molecule has 5 nitrogen and oxygen atoms in total. The SMILES string of the molecule is [2H]C([2H])(C(=O)O)C([2H])([2H])[C@]([2H])(N)C(=O)O. The minimum Gasteiger partial charge on any atom is -0.481 e. The first-order chi connectivity index (χ1) is 6.39. The number of carboxylic acids is 2. The molecule has 0 amide bonds. The highest BCUT2D eigenvalue weighted by atomic mass is 16.4. The van der Waals surface area contributed by atoms with E-state index in [9.17, 15) is 9.59 Å². The van der Waals surface area contributed by atoms with Gasteiger partial charge in [0.15, 0.2) is 0 Å². The van der Waals surface area contributed by atoms with Gasteiger partial charge in [-0.05, 0) is 6.37 Å². The number of carboxylic acid groups (broad SMARTS) is 2. The number of rotatable bonds is 4. The molecule has 0 unspecified atom stereocenters. The average Bonchev–Trinajstić information content (AvgIpc) is 2.02. The van der Waals surface area contributed by atoms with Crippen molar-refractivity contribution in [2.24, 2.45) is 5.73 Å². The van der Waals surface area contributed by atoms with Gasteiger partial charge in [0.25, 0.3) is 0 Å². The van der Waals surface area contributed by atoms with Crippen LogP contribution in [0.3, 0.4) is 0 Å². The van der Waals surface area contributed by atoms with E-state index in [1.807, 2.05) is 0 Å². The lowest BCUT2D eigenvalue weighted by Crippen LogP contribution is -2.30. The molecule has 0 fully saturated rings. The molecule has 0 saturated carbocycles. The minimum absolute atomic E-state index is 2.15. The molecule has 0 aliphatic heterocycles. The lowest BCUT2D eigenvalue weighted by atomic mass is 10.2. The molecule has 0 radical (unpaired) electrons. The highest BCUT2D eigenvalue weighted by Crippen LogP contribution is 1.93. The summed E-state index contributed by atoms with van der Waals surface area (Å²) >= 11 is 0. The maximum absolute atomic E-state index is 10.4. The Balaban J connectivity index is 5.50. The molecule has 4 N–H and O–H groups in total. The molecule has 0 bridgehead atoms. The van der Waals surface area contributed by atoms with E-state index in [-0.39, 0.29) is 0 Å². The van der Waals surface area contributed by atoms with Crippen molar-refractivity contribution in [3.63, 3.8) is 0 Å². The van der Waals surface area contributed by atoms with Crippen LogP contribution >= 0.6 is 0 Å². The maximum atomic E-state index is 10.4. The lowest BCUT2D eigenvalue weighted by Gasteiger charge is -2.01. The van der Waals surface area contributed by atoms with Crippen LogP contribution in [-0.2, 0) is 9.59 Å². The molecule has 0 aromatic heterocycles. The van der Waals surface area contributed by atoms with E-state index in [0.29, 0.717) is 0 Å². The molecule has 1 atom stereocenters. The zero-order valence-electron chi connectivity index (χ0n) is 9.79. The number of hydrogen-bond acceptors (Lipinski definition) is 3. The number of hydrogen-bond donors (Lipinski definition) is 3. The summed E-state index contributed by atoms with van der Waals surface area (Å²) in [6, 6.07) is -3.39. The molecule has 0 rings (SSSR count). The van der Waals surface area contributed by atoms with E-state index in [2.05, 4.69) is 0 Å². The van der Waals surface area contributed by atoms with Gasteiger partial charge in [-0.3, -0.25) is 9.59 Å². The predicted molar refractivity (Wildman–Crippen MR) is 32.5 cm³/mol. The van der Waals surface area contributed by atoms with Crippen molar-refractivity contribution in [1.82, 2.24) is 0 Å². The Morgan fingerprint density at radius 2 is 2.20 bits per heavy atom. The van der Waals surface area contributed by atoms with Gasteiger partial charge in [-0.2, -0.15) is 0 Å². The van der Waals surface area contributed by atoms with Crippen molar-refractivity contribution >= 4 is 11.9 Å². The molecule has 0 aliphatic carbocycles. The molecule has 58 valence electrons. The number of carbonyl (C=O) groups is 2. The normalized spacial score (nSPS) is 25.9. The zero-order valence-corrected chi connectivity index (χ0v) is 4.79. The third-order valence-electron chi connectivity index (χ3n) is 0.535. The van der Waals surface area contributed by atoms with Crippen molar-refractivity contribution in [3.05, 3.63) is 0 Å². The summed E-state index contributed by atoms with van der Waals surface area (Å²) in [5.41, 5.74) is 4.75. The van der Waals surface area contributed by atoms with Crippen LogP contribution in [0.5, 0.6) is 0 Å². The van der Waals surface area contributed by atoms with E-state index in [0.717, 1.165) is 0 Å². The quantitative estimate of drug-likeness (QED) is 0.492. The van der Waals surface area contributed by atoms with E-state index in [4.69, 9.17) is 22.8 Å². The van der Waals surface area contributed by atoms with Gasteiger partial charge in [0.2, 0.25) is 0 Å². The summed E-state index contributed by atoms with van der Waals surface area (Å²) in [6.45, 7) is 0. The van der Waals surface area contributed by atoms with Crippen LogP contribution in [0.1, 0.15) is 19.6 Å². The largest absolute Gasteiger partial charge is 0.481 e. The summed E-state index contributed by atoms with van der Waals surface area (Å²) in [5.74, 6) is -4.38. The first kappa shape index (κ1) is 3.34. The molecule has 0 saturated heterocycles. The monoisotopic (exact) mass is 152 g/mol. The van der Waals surface area contributed by atoms with Crippen molar-refractivity contribution in [2.75, 3.05) is 0 Å². The lowest BCUT2D eigenvalue weighted by molar-refractivity contribution is -0.139. The van der Waals surface area contributed by atoms with Gasteiger partial charge in [0, 0.05) is 11.9 Å². The van der Waals surface area contributed by atoms with Crippen molar-refractivity contribution in [1.29, 1.82) is 0 Å². The second-order valence-electron chi connectivity index (χ2n) is 1.27. The molecule has 5 heteroatoms. The van der Waals surface area contributed by atoms with E-state index in [1.165, 1.54) is 0 Å². The third kappa shape index (κ3) is 3.85. The third-order valence-corrected chi connectivity index (χ3v) is 0.535. The zero-order chi connectivity index (χ0) is 12.7. The summed E-state index contributed by atoms with van der Waals surface area (Å²) in [4.78, 5) is 20.8. The second-order valence-corrected chi connectivity index (χ2v) is 1.27. The van der Waals surface area contributed by atoms with Gasteiger partial charge in [0.05, 0.1) is 1.37 Å². The smallest absolute Gasteiger partial charge is 0.320 e. The van der Waals surface area contributed by atoms with Crippen LogP contribution in [0.25, 0.3) is 0 Å². The number of nitrogens with two attached hydrogens (primary N) is 1. The fraction of sp³-hybridized carbons (Fsp3) is 0.600. The van der Waals surface area contributed by atoms with E-state index < -0.39 is 30.7 Å². The molecule has 0 heterocycles. The Labute approximate surface area is 64.5 Å². The van der Waals surface area contributed by atoms with Crippen LogP contribution in [0, 0.1) is 0 Å². The fourth-order valence-corrected chi connectivity index (χ4v) is 0.174. The first-order valence-electron chi connectivity index (χ1n) is 4.64. The molecule has 0 spiro atoms. The Bertz CT molecular complexity index is 274. The van der Waals surface area contributed by atoms with Crippen molar-refractivity contribution in [3.8, 4) is 0 Å². The molecule has 0 aromatic carbocycles. The molecular weight excluding hydrogens is 138 g/mol. The molecule has 10 heavy (non-hydrogen) atoms. The van der Waals surface area contributed by atoms with Gasteiger partial charge >= 0.3 is 11.9 Å². The van der Waals surface area contributed by atoms with Crippen LogP contribution in [0.15, 0.2) is 0 Å². The maximum Gasteiger partial charge on any atom is 0.320 e. The van der Waals surface area contributed by atoms with Gasteiger partial charge in [-0.1, -0.05) is 0 Å². The summed E-state index contributed by atoms with van der Waals surface area (Å²) in [7, 11) is 0. The standard InChI is InChI=1S/C5H9NO4/c6-3(5(9)10)1-2-4(7)8/h3H,1-2,6H2,(H,7,8)(H,9,10)/t3-/m0/s1/i1D2,2D2,3D. The predicted octanol–water partition coefficient (Wildman–Crippen LogP) is -0.737. The Hall–Kier alpha value is -1.10. The second kappa shape index (κ2) is 3.84. The Morgan fingerprint density at radius 1 is 1.70 bits per heavy atom. The van der Waals surface area contributed by atoms with Gasteiger partial charge in [-0.15, -0.1) is 0 Å². The molecular formula is C5H9NO4. The van der Waals surface area contributed by atoms with Crippen LogP contribution < -0.4 is 5.73 Å². The van der Waals surface area contributed by atoms with Gasteiger partial charge in [0.1, 0.15) is 6.02 Å². The van der Waals surface area contributed by atoms with Crippen molar-refractivity contribution in [2.45, 2.75) is 18.8 Å². The topological polar surface area (TPSA) is 101 Å². The first-order valence-corrected chi connectivity index (χ1v) is 2.14. The summed E-state index contributed by atoms with van der Waals surface area (Å²) in [6.07, 6.45) is -7.17. The van der Waals surface area contributed by atoms with E-state index >= 15 is 0 Å². The van der Waals surface area contributed by atoms with Gasteiger partial charge < -0.3 is 15.9 Å². The average molecular weight is 152 g/mol. The van der Waals surface area contributed by atoms with Gasteiger partial charge in [-0.25, -0.2) is 0 Å². The fourth-order valence-electron chi connectivity index (χ4n) is 0.174. The summed E-state index contributed by atoms with van der Waals surface area (Å²) in [5, 5.41) is 16.8. The summed E-state index contributed by atoms with van der Waals surface area (Å²) < 4.78 is 34.7. The Morgan fingerprint density at radius 3 is 2.50 bits per heavy atom. The minimum atomic E-state index is -3.59.